The SMILES string of the molecule is c1cn(CCCN2CCCCCC2)cn1. The van der Waals surface area contributed by atoms with Crippen molar-refractivity contribution in [1.29, 1.82) is 0 Å². The second kappa shape index (κ2) is 5.91. The summed E-state index contributed by atoms with van der Waals surface area (Å²) in [5.41, 5.74) is 0. The summed E-state index contributed by atoms with van der Waals surface area (Å²) in [7, 11) is 0. The topological polar surface area (TPSA) is 21.1 Å². The van der Waals surface area contributed by atoms with Crippen LogP contribution in [0.1, 0.15) is 32.1 Å². The molecular formula is C12H21N3. The minimum Gasteiger partial charge on any atom is -0.337 e. The Labute approximate surface area is 92.1 Å². The van der Waals surface area contributed by atoms with Crippen molar-refractivity contribution in [1.82, 2.24) is 14.5 Å². The Morgan fingerprint density at radius 3 is 2.47 bits per heavy atom. The lowest BCUT2D eigenvalue weighted by atomic mass is 10.2. The minimum absolute atomic E-state index is 1.11. The number of imidazole rings is 1. The lowest BCUT2D eigenvalue weighted by Gasteiger charge is -2.19. The molecule has 15 heavy (non-hydrogen) atoms. The molecule has 0 aromatic carbocycles. The normalized spacial score (nSPS) is 18.9. The van der Waals surface area contributed by atoms with Gasteiger partial charge in [0.2, 0.25) is 0 Å². The monoisotopic (exact) mass is 207 g/mol. The molecule has 3 nitrogen and oxygen atoms in total. The average Bonchev–Trinajstić information content (AvgIpc) is 2.62. The van der Waals surface area contributed by atoms with Gasteiger partial charge in [-0.05, 0) is 38.9 Å². The minimum atomic E-state index is 1.11. The first kappa shape index (κ1) is 10.7. The number of rotatable bonds is 4. The molecular weight excluding hydrogens is 186 g/mol. The van der Waals surface area contributed by atoms with Crippen molar-refractivity contribution in [3.8, 4) is 0 Å². The molecule has 0 N–H and O–H groups in total. The van der Waals surface area contributed by atoms with Crippen LogP contribution in [0.4, 0.5) is 0 Å². The van der Waals surface area contributed by atoms with E-state index in [0.29, 0.717) is 0 Å². The number of aryl methyl sites for hydroxylation is 1. The maximum absolute atomic E-state index is 4.05. The molecule has 2 rings (SSSR count). The van der Waals surface area contributed by atoms with Crippen LogP contribution in [0.3, 0.4) is 0 Å². The highest BCUT2D eigenvalue weighted by Gasteiger charge is 2.07. The van der Waals surface area contributed by atoms with Crippen LogP contribution in [0, 0.1) is 0 Å². The van der Waals surface area contributed by atoms with Gasteiger partial charge in [0.05, 0.1) is 6.33 Å². The maximum atomic E-state index is 4.05. The van der Waals surface area contributed by atoms with Crippen LogP contribution in [0.25, 0.3) is 0 Å². The van der Waals surface area contributed by atoms with Crippen LogP contribution in [0.15, 0.2) is 18.7 Å². The van der Waals surface area contributed by atoms with Crippen LogP contribution >= 0.6 is 0 Å². The molecule has 0 radical (unpaired) electrons. The molecule has 0 bridgehead atoms. The predicted molar refractivity (Wildman–Crippen MR) is 61.8 cm³/mol. The largest absolute Gasteiger partial charge is 0.337 e. The van der Waals surface area contributed by atoms with Gasteiger partial charge < -0.3 is 9.47 Å². The van der Waals surface area contributed by atoms with E-state index in [4.69, 9.17) is 0 Å². The third-order valence-electron chi connectivity index (χ3n) is 3.15. The van der Waals surface area contributed by atoms with Gasteiger partial charge in [-0.2, -0.15) is 0 Å². The van der Waals surface area contributed by atoms with Crippen molar-refractivity contribution in [2.75, 3.05) is 19.6 Å². The van der Waals surface area contributed by atoms with Crippen molar-refractivity contribution >= 4 is 0 Å². The summed E-state index contributed by atoms with van der Waals surface area (Å²) < 4.78 is 2.16. The summed E-state index contributed by atoms with van der Waals surface area (Å²) >= 11 is 0. The lowest BCUT2D eigenvalue weighted by Crippen LogP contribution is -2.26. The first-order chi connectivity index (χ1) is 7.45. The van der Waals surface area contributed by atoms with Crippen molar-refractivity contribution in [2.24, 2.45) is 0 Å². The van der Waals surface area contributed by atoms with Gasteiger partial charge in [0.1, 0.15) is 0 Å². The molecule has 0 atom stereocenters. The summed E-state index contributed by atoms with van der Waals surface area (Å²) in [5.74, 6) is 0. The molecule has 1 saturated heterocycles. The Kier molecular flexibility index (Phi) is 4.21. The third kappa shape index (κ3) is 3.67. The summed E-state index contributed by atoms with van der Waals surface area (Å²) in [6.45, 7) is 4.97. The molecule has 1 aliphatic heterocycles. The molecule has 84 valence electrons. The standard InChI is InChI=1S/C12H21N3/c1-2-4-8-14(7-3-1)9-5-10-15-11-6-13-12-15/h6,11-12H,1-5,7-10H2. The van der Waals surface area contributed by atoms with Crippen molar-refractivity contribution in [3.05, 3.63) is 18.7 Å². The van der Waals surface area contributed by atoms with Gasteiger partial charge in [-0.25, -0.2) is 4.98 Å². The smallest absolute Gasteiger partial charge is 0.0945 e. The summed E-state index contributed by atoms with van der Waals surface area (Å²) in [6.07, 6.45) is 12.7. The zero-order valence-electron chi connectivity index (χ0n) is 9.44. The Balaban J connectivity index is 1.64. The van der Waals surface area contributed by atoms with E-state index >= 15 is 0 Å². The molecule has 0 amide bonds. The molecule has 1 aliphatic rings. The third-order valence-corrected chi connectivity index (χ3v) is 3.15. The van der Waals surface area contributed by atoms with E-state index in [1.54, 1.807) is 0 Å². The number of nitrogens with zero attached hydrogens (tertiary/aromatic N) is 3. The Morgan fingerprint density at radius 2 is 1.80 bits per heavy atom. The van der Waals surface area contributed by atoms with E-state index in [-0.39, 0.29) is 0 Å². The molecule has 2 heterocycles. The number of likely N-dealkylation sites (tertiary alicyclic amines) is 1. The van der Waals surface area contributed by atoms with E-state index in [1.165, 1.54) is 51.7 Å². The summed E-state index contributed by atoms with van der Waals surface area (Å²) in [4.78, 5) is 6.67. The highest BCUT2D eigenvalue weighted by Crippen LogP contribution is 2.09. The molecule has 0 saturated carbocycles. The highest BCUT2D eigenvalue weighted by molar-refractivity contribution is 4.74. The predicted octanol–water partition coefficient (Wildman–Crippen LogP) is 2.15. The van der Waals surface area contributed by atoms with Gasteiger partial charge in [0, 0.05) is 18.9 Å². The van der Waals surface area contributed by atoms with E-state index in [2.05, 4.69) is 14.5 Å². The quantitative estimate of drug-likeness (QED) is 0.754. The maximum Gasteiger partial charge on any atom is 0.0945 e. The fourth-order valence-corrected chi connectivity index (χ4v) is 2.26. The summed E-state index contributed by atoms with van der Waals surface area (Å²) in [6, 6.07) is 0. The Bertz CT molecular complexity index is 248. The number of hydrogen-bond acceptors (Lipinski definition) is 2. The van der Waals surface area contributed by atoms with Crippen LogP contribution in [-0.2, 0) is 6.54 Å². The Hall–Kier alpha value is -0.830. The second-order valence-electron chi connectivity index (χ2n) is 4.41. The number of aromatic nitrogens is 2. The zero-order valence-corrected chi connectivity index (χ0v) is 9.44. The van der Waals surface area contributed by atoms with E-state index in [0.717, 1.165) is 6.54 Å². The second-order valence-corrected chi connectivity index (χ2v) is 4.41. The molecule has 0 aliphatic carbocycles. The average molecular weight is 207 g/mol. The molecule has 1 aromatic rings. The van der Waals surface area contributed by atoms with E-state index in [1.807, 2.05) is 18.7 Å². The zero-order chi connectivity index (χ0) is 10.3. The van der Waals surface area contributed by atoms with Gasteiger partial charge in [-0.15, -0.1) is 0 Å². The van der Waals surface area contributed by atoms with Gasteiger partial charge in [0.25, 0.3) is 0 Å². The van der Waals surface area contributed by atoms with Gasteiger partial charge in [-0.3, -0.25) is 0 Å². The van der Waals surface area contributed by atoms with Crippen molar-refractivity contribution < 1.29 is 0 Å². The summed E-state index contributed by atoms with van der Waals surface area (Å²) in [5, 5.41) is 0. The fraction of sp³-hybridized carbons (Fsp3) is 0.750. The molecule has 0 unspecified atom stereocenters. The van der Waals surface area contributed by atoms with Gasteiger partial charge >= 0.3 is 0 Å². The van der Waals surface area contributed by atoms with Crippen LogP contribution < -0.4 is 0 Å². The highest BCUT2D eigenvalue weighted by atomic mass is 15.1. The van der Waals surface area contributed by atoms with Crippen LogP contribution in [0.5, 0.6) is 0 Å². The molecule has 3 heteroatoms. The van der Waals surface area contributed by atoms with E-state index < -0.39 is 0 Å². The molecule has 0 spiro atoms. The van der Waals surface area contributed by atoms with Gasteiger partial charge in [0.15, 0.2) is 0 Å². The number of hydrogen-bond donors (Lipinski definition) is 0. The first-order valence-electron chi connectivity index (χ1n) is 6.13. The molecule has 1 fully saturated rings. The fourth-order valence-electron chi connectivity index (χ4n) is 2.26. The van der Waals surface area contributed by atoms with Crippen molar-refractivity contribution in [2.45, 2.75) is 38.6 Å². The lowest BCUT2D eigenvalue weighted by molar-refractivity contribution is 0.276. The van der Waals surface area contributed by atoms with Crippen molar-refractivity contribution in [3.63, 3.8) is 0 Å². The molecule has 1 aromatic heterocycles. The van der Waals surface area contributed by atoms with Crippen LogP contribution in [-0.4, -0.2) is 34.1 Å². The van der Waals surface area contributed by atoms with Gasteiger partial charge in [-0.1, -0.05) is 12.8 Å². The van der Waals surface area contributed by atoms with E-state index in [9.17, 15) is 0 Å². The first-order valence-corrected chi connectivity index (χ1v) is 6.13. The Morgan fingerprint density at radius 1 is 1.00 bits per heavy atom. The van der Waals surface area contributed by atoms with Crippen LogP contribution in [0.2, 0.25) is 0 Å².